The van der Waals surface area contributed by atoms with Crippen LogP contribution in [0.1, 0.15) is 24.8 Å². The van der Waals surface area contributed by atoms with Gasteiger partial charge in [0.15, 0.2) is 0 Å². The predicted molar refractivity (Wildman–Crippen MR) is 85.8 cm³/mol. The van der Waals surface area contributed by atoms with E-state index in [0.717, 1.165) is 13.0 Å². The van der Waals surface area contributed by atoms with Crippen molar-refractivity contribution in [2.75, 3.05) is 18.5 Å². The van der Waals surface area contributed by atoms with Crippen LogP contribution in [0.3, 0.4) is 0 Å². The molecule has 3 rings (SSSR count). The van der Waals surface area contributed by atoms with E-state index in [1.165, 1.54) is 16.9 Å². The van der Waals surface area contributed by atoms with E-state index >= 15 is 0 Å². The highest BCUT2D eigenvalue weighted by molar-refractivity contribution is 5.72. The summed E-state index contributed by atoms with van der Waals surface area (Å²) >= 11 is 0. The molecular formula is C18H22N2. The fourth-order valence-electron chi connectivity index (χ4n) is 3.29. The van der Waals surface area contributed by atoms with Gasteiger partial charge in [0.25, 0.3) is 0 Å². The van der Waals surface area contributed by atoms with E-state index in [2.05, 4.69) is 71.7 Å². The van der Waals surface area contributed by atoms with Crippen molar-refractivity contribution in [3.63, 3.8) is 0 Å². The molecule has 0 fully saturated rings. The second kappa shape index (κ2) is 5.68. The molecule has 2 atom stereocenters. The molecule has 0 amide bonds. The van der Waals surface area contributed by atoms with Gasteiger partial charge in [-0.05, 0) is 43.8 Å². The minimum Gasteiger partial charge on any atom is -0.337 e. The molecule has 1 aliphatic rings. The van der Waals surface area contributed by atoms with Crippen LogP contribution in [-0.4, -0.2) is 19.6 Å². The van der Waals surface area contributed by atoms with Crippen molar-refractivity contribution in [2.45, 2.75) is 25.3 Å². The SMILES string of the molecule is CNCCC1C(C)c2ccccc2N1c1ccccc1. The van der Waals surface area contributed by atoms with E-state index in [1.54, 1.807) is 0 Å². The molecular weight excluding hydrogens is 244 g/mol. The summed E-state index contributed by atoms with van der Waals surface area (Å²) in [6.45, 7) is 3.40. The van der Waals surface area contributed by atoms with Crippen molar-refractivity contribution in [1.82, 2.24) is 5.32 Å². The van der Waals surface area contributed by atoms with Gasteiger partial charge in [0.05, 0.1) is 0 Å². The van der Waals surface area contributed by atoms with Crippen LogP contribution in [0.2, 0.25) is 0 Å². The van der Waals surface area contributed by atoms with E-state index in [9.17, 15) is 0 Å². The number of benzene rings is 2. The quantitative estimate of drug-likeness (QED) is 0.902. The first-order valence-electron chi connectivity index (χ1n) is 7.40. The molecule has 104 valence electrons. The van der Waals surface area contributed by atoms with Gasteiger partial charge < -0.3 is 10.2 Å². The van der Waals surface area contributed by atoms with Crippen LogP contribution in [0.25, 0.3) is 0 Å². The van der Waals surface area contributed by atoms with E-state index in [0.29, 0.717) is 12.0 Å². The van der Waals surface area contributed by atoms with Gasteiger partial charge in [-0.25, -0.2) is 0 Å². The third kappa shape index (κ3) is 2.20. The fourth-order valence-corrected chi connectivity index (χ4v) is 3.29. The monoisotopic (exact) mass is 266 g/mol. The summed E-state index contributed by atoms with van der Waals surface area (Å²) in [5.41, 5.74) is 4.13. The molecule has 2 heteroatoms. The molecule has 0 spiro atoms. The van der Waals surface area contributed by atoms with Crippen LogP contribution >= 0.6 is 0 Å². The summed E-state index contributed by atoms with van der Waals surface area (Å²) in [5, 5.41) is 3.29. The predicted octanol–water partition coefficient (Wildman–Crippen LogP) is 3.92. The average Bonchev–Trinajstić information content (AvgIpc) is 2.79. The fraction of sp³-hybridized carbons (Fsp3) is 0.333. The van der Waals surface area contributed by atoms with Gasteiger partial charge in [0.1, 0.15) is 0 Å². The van der Waals surface area contributed by atoms with E-state index < -0.39 is 0 Å². The van der Waals surface area contributed by atoms with Crippen molar-refractivity contribution in [1.29, 1.82) is 0 Å². The Morgan fingerprint density at radius 2 is 1.70 bits per heavy atom. The zero-order chi connectivity index (χ0) is 13.9. The standard InChI is InChI=1S/C18H22N2/c1-14-16-10-6-7-11-18(16)20(17(14)12-13-19-2)15-8-4-3-5-9-15/h3-11,14,17,19H,12-13H2,1-2H3. The van der Waals surface area contributed by atoms with E-state index in [1.807, 2.05) is 7.05 Å². The molecule has 2 aromatic carbocycles. The molecule has 0 aromatic heterocycles. The van der Waals surface area contributed by atoms with Gasteiger partial charge in [-0.1, -0.05) is 43.3 Å². The van der Waals surface area contributed by atoms with Gasteiger partial charge in [0.2, 0.25) is 0 Å². The molecule has 0 radical (unpaired) electrons. The van der Waals surface area contributed by atoms with Gasteiger partial charge in [0, 0.05) is 23.3 Å². The number of para-hydroxylation sites is 2. The molecule has 2 nitrogen and oxygen atoms in total. The minimum absolute atomic E-state index is 0.530. The highest BCUT2D eigenvalue weighted by atomic mass is 15.2. The Hall–Kier alpha value is -1.80. The van der Waals surface area contributed by atoms with E-state index in [-0.39, 0.29) is 0 Å². The molecule has 20 heavy (non-hydrogen) atoms. The average molecular weight is 266 g/mol. The first-order chi connectivity index (χ1) is 9.83. The molecule has 0 bridgehead atoms. The summed E-state index contributed by atoms with van der Waals surface area (Å²) in [5.74, 6) is 0.569. The zero-order valence-electron chi connectivity index (χ0n) is 12.2. The first-order valence-corrected chi connectivity index (χ1v) is 7.40. The van der Waals surface area contributed by atoms with Crippen LogP contribution in [-0.2, 0) is 0 Å². The highest BCUT2D eigenvalue weighted by Crippen LogP contribution is 2.45. The number of hydrogen-bond acceptors (Lipinski definition) is 2. The molecule has 2 aromatic rings. The Morgan fingerprint density at radius 3 is 2.45 bits per heavy atom. The molecule has 1 N–H and O–H groups in total. The molecule has 1 heterocycles. The number of rotatable bonds is 4. The summed E-state index contributed by atoms with van der Waals surface area (Å²) in [7, 11) is 2.03. The second-order valence-corrected chi connectivity index (χ2v) is 5.51. The summed E-state index contributed by atoms with van der Waals surface area (Å²) in [4.78, 5) is 2.51. The van der Waals surface area contributed by atoms with Crippen LogP contribution in [0.5, 0.6) is 0 Å². The lowest BCUT2D eigenvalue weighted by atomic mass is 9.95. The number of fused-ring (bicyclic) bond motifs is 1. The minimum atomic E-state index is 0.530. The number of hydrogen-bond donors (Lipinski definition) is 1. The normalized spacial score (nSPS) is 21.0. The Bertz CT molecular complexity index is 565. The number of anilines is 2. The third-order valence-electron chi connectivity index (χ3n) is 4.32. The Kier molecular flexibility index (Phi) is 3.75. The highest BCUT2D eigenvalue weighted by Gasteiger charge is 2.35. The first kappa shape index (κ1) is 13.2. The third-order valence-corrected chi connectivity index (χ3v) is 4.32. The van der Waals surface area contributed by atoms with Crippen molar-refractivity contribution in [3.8, 4) is 0 Å². The van der Waals surface area contributed by atoms with Crippen LogP contribution < -0.4 is 10.2 Å². The molecule has 0 aliphatic carbocycles. The maximum absolute atomic E-state index is 3.29. The van der Waals surface area contributed by atoms with Crippen molar-refractivity contribution in [2.24, 2.45) is 0 Å². The van der Waals surface area contributed by atoms with Gasteiger partial charge in [-0.15, -0.1) is 0 Å². The Balaban J connectivity index is 2.02. The van der Waals surface area contributed by atoms with Crippen molar-refractivity contribution >= 4 is 11.4 Å². The Morgan fingerprint density at radius 1 is 1.00 bits per heavy atom. The number of nitrogens with one attached hydrogen (secondary N) is 1. The van der Waals surface area contributed by atoms with E-state index in [4.69, 9.17) is 0 Å². The topological polar surface area (TPSA) is 15.3 Å². The largest absolute Gasteiger partial charge is 0.337 e. The second-order valence-electron chi connectivity index (χ2n) is 5.51. The molecule has 0 saturated heterocycles. The zero-order valence-corrected chi connectivity index (χ0v) is 12.2. The van der Waals surface area contributed by atoms with Gasteiger partial charge >= 0.3 is 0 Å². The summed E-state index contributed by atoms with van der Waals surface area (Å²) in [6.07, 6.45) is 1.15. The molecule has 1 aliphatic heterocycles. The lowest BCUT2D eigenvalue weighted by Crippen LogP contribution is -2.32. The maximum Gasteiger partial charge on any atom is 0.0449 e. The lowest BCUT2D eigenvalue weighted by molar-refractivity contribution is 0.535. The van der Waals surface area contributed by atoms with Crippen molar-refractivity contribution in [3.05, 3.63) is 60.2 Å². The lowest BCUT2D eigenvalue weighted by Gasteiger charge is -2.29. The summed E-state index contributed by atoms with van der Waals surface area (Å²) < 4.78 is 0. The van der Waals surface area contributed by atoms with Crippen LogP contribution in [0.4, 0.5) is 11.4 Å². The summed E-state index contributed by atoms with van der Waals surface area (Å²) in [6, 6.07) is 20.1. The van der Waals surface area contributed by atoms with Crippen LogP contribution in [0.15, 0.2) is 54.6 Å². The smallest absolute Gasteiger partial charge is 0.0449 e. The van der Waals surface area contributed by atoms with Crippen LogP contribution in [0, 0.1) is 0 Å². The molecule has 2 unspecified atom stereocenters. The van der Waals surface area contributed by atoms with Crippen molar-refractivity contribution < 1.29 is 0 Å². The van der Waals surface area contributed by atoms with Gasteiger partial charge in [-0.2, -0.15) is 0 Å². The van der Waals surface area contributed by atoms with Gasteiger partial charge in [-0.3, -0.25) is 0 Å². The molecule has 0 saturated carbocycles. The number of nitrogens with zero attached hydrogens (tertiary/aromatic N) is 1. The maximum atomic E-state index is 3.29. The Labute approximate surface area is 121 Å².